The lowest BCUT2D eigenvalue weighted by Gasteiger charge is -2.14. The molecule has 4 rings (SSSR count). The van der Waals surface area contributed by atoms with E-state index >= 15 is 0 Å². The highest BCUT2D eigenvalue weighted by atomic mass is 16.3. The van der Waals surface area contributed by atoms with Gasteiger partial charge in [-0.15, -0.1) is 0 Å². The number of nitrogens with zero attached hydrogens (tertiary/aromatic N) is 1. The van der Waals surface area contributed by atoms with Gasteiger partial charge in [0.15, 0.2) is 5.82 Å². The summed E-state index contributed by atoms with van der Waals surface area (Å²) in [7, 11) is 0. The molecule has 0 bridgehead atoms. The molecule has 2 aromatic carbocycles. The zero-order chi connectivity index (χ0) is 20.2. The van der Waals surface area contributed by atoms with Crippen molar-refractivity contribution in [3.63, 3.8) is 0 Å². The molecule has 0 saturated heterocycles. The Hall–Kier alpha value is -3.91. The third kappa shape index (κ3) is 4.02. The van der Waals surface area contributed by atoms with E-state index in [1.54, 1.807) is 12.1 Å². The van der Waals surface area contributed by atoms with Gasteiger partial charge in [0.05, 0.1) is 12.3 Å². The summed E-state index contributed by atoms with van der Waals surface area (Å²) >= 11 is 0. The Bertz CT molecular complexity index is 1120. The number of anilines is 1. The van der Waals surface area contributed by atoms with Crippen molar-refractivity contribution in [2.75, 3.05) is 11.9 Å². The van der Waals surface area contributed by atoms with Crippen LogP contribution in [0.4, 0.5) is 5.82 Å². The van der Waals surface area contributed by atoms with Crippen LogP contribution in [0.3, 0.4) is 0 Å². The van der Waals surface area contributed by atoms with E-state index in [0.29, 0.717) is 11.5 Å². The van der Waals surface area contributed by atoms with Gasteiger partial charge in [0.25, 0.3) is 11.8 Å². The summed E-state index contributed by atoms with van der Waals surface area (Å²) in [6.07, 6.45) is 0. The second-order valence-electron chi connectivity index (χ2n) is 6.50. The molecular weight excluding hydrogens is 370 g/mol. The standard InChI is InChI=1S/C21H19N5O3/c27-12-18(23-20(28)17-10-14-8-4-5-9-15(14)22-17)21(29)24-19-11-16(25-26-19)13-6-2-1-3-7-13/h1-11,18,22,27H,12H2,(H,23,28)(H2,24,25,26,29)/t18-/m0/s1. The number of aromatic amines is 2. The predicted octanol–water partition coefficient (Wildman–Crippen LogP) is 2.29. The van der Waals surface area contributed by atoms with E-state index < -0.39 is 24.5 Å². The molecule has 4 aromatic rings. The highest BCUT2D eigenvalue weighted by molar-refractivity contribution is 6.02. The summed E-state index contributed by atoms with van der Waals surface area (Å²) in [5, 5.41) is 22.5. The largest absolute Gasteiger partial charge is 0.394 e. The number of fused-ring (bicyclic) bond motifs is 1. The first kappa shape index (κ1) is 18.5. The fourth-order valence-corrected chi connectivity index (χ4v) is 2.99. The topological polar surface area (TPSA) is 123 Å². The molecule has 0 aliphatic heterocycles. The minimum atomic E-state index is -1.12. The van der Waals surface area contributed by atoms with Crippen LogP contribution in [0.1, 0.15) is 10.5 Å². The van der Waals surface area contributed by atoms with E-state index in [1.165, 1.54) is 0 Å². The number of rotatable bonds is 6. The highest BCUT2D eigenvalue weighted by Gasteiger charge is 2.22. The van der Waals surface area contributed by atoms with Crippen LogP contribution in [-0.4, -0.2) is 44.8 Å². The molecule has 2 aromatic heterocycles. The van der Waals surface area contributed by atoms with Crippen molar-refractivity contribution < 1.29 is 14.7 Å². The fraction of sp³-hybridized carbons (Fsp3) is 0.0952. The Balaban J connectivity index is 1.43. The molecule has 29 heavy (non-hydrogen) atoms. The van der Waals surface area contributed by atoms with E-state index in [4.69, 9.17) is 0 Å². The molecule has 1 atom stereocenters. The van der Waals surface area contributed by atoms with Crippen LogP contribution in [0.5, 0.6) is 0 Å². The van der Waals surface area contributed by atoms with Crippen molar-refractivity contribution >= 4 is 28.5 Å². The van der Waals surface area contributed by atoms with Gasteiger partial charge < -0.3 is 20.7 Å². The molecule has 0 radical (unpaired) electrons. The van der Waals surface area contributed by atoms with Gasteiger partial charge in [0.1, 0.15) is 11.7 Å². The third-order valence-electron chi connectivity index (χ3n) is 4.49. The first-order chi connectivity index (χ1) is 14.1. The number of H-pyrrole nitrogens is 2. The molecule has 0 fully saturated rings. The molecule has 8 nitrogen and oxygen atoms in total. The van der Waals surface area contributed by atoms with E-state index in [0.717, 1.165) is 22.2 Å². The number of aromatic nitrogens is 3. The molecule has 146 valence electrons. The quantitative estimate of drug-likeness (QED) is 0.347. The number of carbonyl (C=O) groups excluding carboxylic acids is 2. The van der Waals surface area contributed by atoms with Gasteiger partial charge in [0, 0.05) is 17.0 Å². The lowest BCUT2D eigenvalue weighted by molar-refractivity contribution is -0.118. The second kappa shape index (κ2) is 7.99. The summed E-state index contributed by atoms with van der Waals surface area (Å²) in [6.45, 7) is -0.548. The van der Waals surface area contributed by atoms with Crippen LogP contribution in [0.25, 0.3) is 22.2 Å². The number of aliphatic hydroxyl groups is 1. The monoisotopic (exact) mass is 389 g/mol. The summed E-state index contributed by atoms with van der Waals surface area (Å²) in [6, 6.07) is 19.2. The van der Waals surface area contributed by atoms with E-state index in [2.05, 4.69) is 25.8 Å². The van der Waals surface area contributed by atoms with E-state index in [1.807, 2.05) is 54.6 Å². The first-order valence-electron chi connectivity index (χ1n) is 9.05. The fourth-order valence-electron chi connectivity index (χ4n) is 2.99. The third-order valence-corrected chi connectivity index (χ3v) is 4.49. The second-order valence-corrected chi connectivity index (χ2v) is 6.50. The lowest BCUT2D eigenvalue weighted by atomic mass is 10.1. The normalized spacial score (nSPS) is 11.9. The SMILES string of the molecule is O=C(N[C@@H](CO)C(=O)Nc1cc(-c2ccccc2)[nH]n1)c1cc2ccccc2[nH]1. The molecule has 0 aliphatic carbocycles. The van der Waals surface area contributed by atoms with Crippen molar-refractivity contribution in [3.05, 3.63) is 72.4 Å². The van der Waals surface area contributed by atoms with Crippen molar-refractivity contribution in [1.29, 1.82) is 0 Å². The zero-order valence-corrected chi connectivity index (χ0v) is 15.3. The van der Waals surface area contributed by atoms with Crippen LogP contribution in [0, 0.1) is 0 Å². The number of carbonyl (C=O) groups is 2. The smallest absolute Gasteiger partial charge is 0.268 e. The van der Waals surface area contributed by atoms with Crippen molar-refractivity contribution in [1.82, 2.24) is 20.5 Å². The number of nitrogens with one attached hydrogen (secondary N) is 4. The molecule has 2 amide bonds. The van der Waals surface area contributed by atoms with E-state index in [-0.39, 0.29) is 0 Å². The first-order valence-corrected chi connectivity index (χ1v) is 9.05. The zero-order valence-electron chi connectivity index (χ0n) is 15.3. The van der Waals surface area contributed by atoms with Gasteiger partial charge in [-0.3, -0.25) is 14.7 Å². The van der Waals surface area contributed by atoms with Crippen LogP contribution < -0.4 is 10.6 Å². The number of benzene rings is 2. The number of aliphatic hydroxyl groups excluding tert-OH is 1. The van der Waals surface area contributed by atoms with Gasteiger partial charge in [-0.25, -0.2) is 0 Å². The predicted molar refractivity (Wildman–Crippen MR) is 109 cm³/mol. The lowest BCUT2D eigenvalue weighted by Crippen LogP contribution is -2.46. The maximum atomic E-state index is 12.5. The Morgan fingerprint density at radius 1 is 1.03 bits per heavy atom. The summed E-state index contributed by atoms with van der Waals surface area (Å²) in [5.74, 6) is -0.752. The Labute approximate surface area is 166 Å². The summed E-state index contributed by atoms with van der Waals surface area (Å²) < 4.78 is 0. The Kier molecular flexibility index (Phi) is 5.08. The molecule has 8 heteroatoms. The van der Waals surface area contributed by atoms with Gasteiger partial charge >= 0.3 is 0 Å². The van der Waals surface area contributed by atoms with Crippen LogP contribution >= 0.6 is 0 Å². The van der Waals surface area contributed by atoms with Crippen molar-refractivity contribution in [3.8, 4) is 11.3 Å². The number of hydrogen-bond donors (Lipinski definition) is 5. The van der Waals surface area contributed by atoms with Gasteiger partial charge in [-0.1, -0.05) is 48.5 Å². The molecule has 0 spiro atoms. The van der Waals surface area contributed by atoms with Gasteiger partial charge in [-0.05, 0) is 17.7 Å². The van der Waals surface area contributed by atoms with Gasteiger partial charge in [0.2, 0.25) is 0 Å². The van der Waals surface area contributed by atoms with Crippen LogP contribution in [0.15, 0.2) is 66.7 Å². The molecule has 5 N–H and O–H groups in total. The molecule has 2 heterocycles. The highest BCUT2D eigenvalue weighted by Crippen LogP contribution is 2.19. The molecule has 0 unspecified atom stereocenters. The minimum Gasteiger partial charge on any atom is -0.394 e. The van der Waals surface area contributed by atoms with E-state index in [9.17, 15) is 14.7 Å². The molecule has 0 aliphatic rings. The maximum Gasteiger partial charge on any atom is 0.268 e. The minimum absolute atomic E-state index is 0.298. The Morgan fingerprint density at radius 2 is 1.79 bits per heavy atom. The van der Waals surface area contributed by atoms with Crippen LogP contribution in [0.2, 0.25) is 0 Å². The van der Waals surface area contributed by atoms with Crippen molar-refractivity contribution in [2.24, 2.45) is 0 Å². The van der Waals surface area contributed by atoms with Crippen LogP contribution in [-0.2, 0) is 4.79 Å². The number of amides is 2. The summed E-state index contributed by atoms with van der Waals surface area (Å²) in [4.78, 5) is 27.9. The molecular formula is C21H19N5O3. The number of para-hydroxylation sites is 1. The average Bonchev–Trinajstić information content (AvgIpc) is 3.39. The Morgan fingerprint density at radius 3 is 2.55 bits per heavy atom. The van der Waals surface area contributed by atoms with Crippen molar-refractivity contribution in [2.45, 2.75) is 6.04 Å². The van der Waals surface area contributed by atoms with Gasteiger partial charge in [-0.2, -0.15) is 5.10 Å². The average molecular weight is 389 g/mol. The molecule has 0 saturated carbocycles. The maximum absolute atomic E-state index is 12.5. The summed E-state index contributed by atoms with van der Waals surface area (Å²) in [5.41, 5.74) is 2.78. The number of hydrogen-bond acceptors (Lipinski definition) is 4.